The van der Waals surface area contributed by atoms with Gasteiger partial charge in [-0.2, -0.15) is 0 Å². The Morgan fingerprint density at radius 1 is 0.907 bits per heavy atom. The van der Waals surface area contributed by atoms with Crippen molar-refractivity contribution in [3.05, 3.63) is 120 Å². The molecular formula is C35H36N2O5S. The highest BCUT2D eigenvalue weighted by Crippen LogP contribution is 2.24. The maximum absolute atomic E-state index is 13.1. The van der Waals surface area contributed by atoms with Gasteiger partial charge in [-0.25, -0.2) is 4.79 Å². The van der Waals surface area contributed by atoms with Crippen LogP contribution in [0.25, 0.3) is 0 Å². The molecule has 0 bridgehead atoms. The minimum Gasteiger partial charge on any atom is -0.492 e. The van der Waals surface area contributed by atoms with Gasteiger partial charge in [0.15, 0.2) is 5.78 Å². The highest BCUT2D eigenvalue weighted by atomic mass is 32.2. The number of carbonyl (C=O) groups is 3. The fourth-order valence-electron chi connectivity index (χ4n) is 4.68. The molecule has 0 unspecified atom stereocenters. The third-order valence-corrected chi connectivity index (χ3v) is 7.64. The van der Waals surface area contributed by atoms with Gasteiger partial charge >= 0.3 is 5.97 Å². The largest absolute Gasteiger partial charge is 0.492 e. The van der Waals surface area contributed by atoms with Crippen molar-refractivity contribution in [2.24, 2.45) is 0 Å². The molecule has 4 rings (SSSR count). The second-order valence-corrected chi connectivity index (χ2v) is 10.8. The first-order valence-electron chi connectivity index (χ1n) is 14.2. The van der Waals surface area contributed by atoms with Crippen LogP contribution in [0.15, 0.2) is 108 Å². The van der Waals surface area contributed by atoms with E-state index in [-0.39, 0.29) is 18.1 Å². The van der Waals surface area contributed by atoms with Crippen molar-refractivity contribution in [3.8, 4) is 5.75 Å². The summed E-state index contributed by atoms with van der Waals surface area (Å²) in [6, 6.07) is 30.1. The topological polar surface area (TPSA) is 95.9 Å². The number of para-hydroxylation sites is 1. The van der Waals surface area contributed by atoms with Gasteiger partial charge in [-0.1, -0.05) is 67.6 Å². The predicted octanol–water partition coefficient (Wildman–Crippen LogP) is 6.96. The molecular weight excluding hydrogens is 560 g/mol. The van der Waals surface area contributed by atoms with E-state index in [9.17, 15) is 19.5 Å². The zero-order valence-electron chi connectivity index (χ0n) is 24.4. The number of carbonyl (C=O) groups excluding carboxylic acids is 2. The van der Waals surface area contributed by atoms with Crippen LogP contribution in [0.3, 0.4) is 0 Å². The number of ether oxygens (including phenoxy) is 1. The number of hydrogen-bond acceptors (Lipinski definition) is 6. The van der Waals surface area contributed by atoms with Crippen molar-refractivity contribution in [2.45, 2.75) is 37.1 Å². The third-order valence-electron chi connectivity index (χ3n) is 6.91. The van der Waals surface area contributed by atoms with Crippen LogP contribution in [0.5, 0.6) is 5.75 Å². The van der Waals surface area contributed by atoms with Gasteiger partial charge in [0.05, 0.1) is 6.54 Å². The number of ketones is 1. The first-order valence-corrected chi connectivity index (χ1v) is 15.5. The van der Waals surface area contributed by atoms with Gasteiger partial charge in [0, 0.05) is 40.2 Å². The fraction of sp³-hybridized carbons (Fsp3) is 0.229. The average Bonchev–Trinajstić information content (AvgIpc) is 3.04. The smallest absolute Gasteiger partial charge is 0.326 e. The SMILES string of the molecule is CCCC(=O)N(CCOc1ccc(C[C@H](Nc2ccccc2C(=O)c2ccccc2)C(=O)O)cc1)c1cccc(SC)c1. The van der Waals surface area contributed by atoms with Crippen LogP contribution in [-0.2, 0) is 16.0 Å². The van der Waals surface area contributed by atoms with Crippen LogP contribution in [0, 0.1) is 0 Å². The van der Waals surface area contributed by atoms with Crippen molar-refractivity contribution in [1.29, 1.82) is 0 Å². The molecule has 8 heteroatoms. The number of carboxylic acid groups (broad SMARTS) is 1. The van der Waals surface area contributed by atoms with Crippen LogP contribution in [0.1, 0.15) is 41.3 Å². The van der Waals surface area contributed by atoms with E-state index in [4.69, 9.17) is 4.74 Å². The molecule has 0 saturated heterocycles. The second kappa shape index (κ2) is 15.6. The third kappa shape index (κ3) is 8.72. The molecule has 0 aromatic heterocycles. The molecule has 0 aliphatic rings. The lowest BCUT2D eigenvalue weighted by Crippen LogP contribution is -2.34. The summed E-state index contributed by atoms with van der Waals surface area (Å²) in [7, 11) is 0. The second-order valence-electron chi connectivity index (χ2n) is 9.97. The lowest BCUT2D eigenvalue weighted by Gasteiger charge is -2.23. The molecule has 4 aromatic carbocycles. The fourth-order valence-corrected chi connectivity index (χ4v) is 5.13. The first-order chi connectivity index (χ1) is 20.9. The minimum absolute atomic E-state index is 0.0546. The Morgan fingerprint density at radius 2 is 1.63 bits per heavy atom. The summed E-state index contributed by atoms with van der Waals surface area (Å²) in [5.74, 6) is -0.520. The molecule has 0 aliphatic heterocycles. The van der Waals surface area contributed by atoms with E-state index in [0.717, 1.165) is 22.6 Å². The van der Waals surface area contributed by atoms with E-state index < -0.39 is 12.0 Å². The predicted molar refractivity (Wildman–Crippen MR) is 172 cm³/mol. The van der Waals surface area contributed by atoms with Crippen molar-refractivity contribution in [3.63, 3.8) is 0 Å². The molecule has 0 radical (unpaired) electrons. The standard InChI is InChI=1S/C35H36N2O5S/c1-3-10-33(38)37(27-13-9-14-29(24-27)43-2)21-22-42-28-19-17-25(18-20-28)23-32(35(40)41)36-31-16-8-7-15-30(31)34(39)26-11-5-4-6-12-26/h4-9,11-20,24,32,36H,3,10,21-23H2,1-2H3,(H,40,41)/t32-/m0/s1. The molecule has 4 aromatic rings. The van der Waals surface area contributed by atoms with Gasteiger partial charge in [-0.05, 0) is 60.7 Å². The Labute approximate surface area is 256 Å². The van der Waals surface area contributed by atoms with Crippen LogP contribution >= 0.6 is 11.8 Å². The molecule has 43 heavy (non-hydrogen) atoms. The van der Waals surface area contributed by atoms with E-state index in [0.29, 0.717) is 42.1 Å². The van der Waals surface area contributed by atoms with Gasteiger partial charge < -0.3 is 20.1 Å². The Hall–Kier alpha value is -4.56. The molecule has 7 nitrogen and oxygen atoms in total. The van der Waals surface area contributed by atoms with Gasteiger partial charge in [0.1, 0.15) is 18.4 Å². The number of nitrogens with one attached hydrogen (secondary N) is 1. The van der Waals surface area contributed by atoms with Gasteiger partial charge in [-0.15, -0.1) is 11.8 Å². The summed E-state index contributed by atoms with van der Waals surface area (Å²) in [6.07, 6.45) is 3.43. The number of nitrogens with zero attached hydrogens (tertiary/aromatic N) is 1. The minimum atomic E-state index is -1.02. The number of anilines is 2. The van der Waals surface area contributed by atoms with E-state index in [1.165, 1.54) is 0 Å². The maximum Gasteiger partial charge on any atom is 0.326 e. The normalized spacial score (nSPS) is 11.4. The summed E-state index contributed by atoms with van der Waals surface area (Å²) in [6.45, 7) is 2.70. The molecule has 1 amide bonds. The van der Waals surface area contributed by atoms with E-state index in [2.05, 4.69) is 5.32 Å². The lowest BCUT2D eigenvalue weighted by molar-refractivity contribution is -0.137. The summed E-state index contributed by atoms with van der Waals surface area (Å²) in [4.78, 5) is 41.0. The number of aliphatic carboxylic acids is 1. The number of carboxylic acids is 1. The molecule has 0 heterocycles. The maximum atomic E-state index is 13.1. The van der Waals surface area contributed by atoms with Gasteiger partial charge in [-0.3, -0.25) is 9.59 Å². The van der Waals surface area contributed by atoms with Crippen LogP contribution < -0.4 is 15.0 Å². The number of thioether (sulfide) groups is 1. The Bertz CT molecular complexity index is 1530. The van der Waals surface area contributed by atoms with Crippen molar-refractivity contribution < 1.29 is 24.2 Å². The van der Waals surface area contributed by atoms with E-state index >= 15 is 0 Å². The van der Waals surface area contributed by atoms with Crippen molar-refractivity contribution in [2.75, 3.05) is 29.6 Å². The summed E-state index contributed by atoms with van der Waals surface area (Å²) in [5, 5.41) is 13.0. The molecule has 1 atom stereocenters. The zero-order chi connectivity index (χ0) is 30.6. The molecule has 0 aliphatic carbocycles. The molecule has 222 valence electrons. The molecule has 0 spiro atoms. The highest BCUT2D eigenvalue weighted by molar-refractivity contribution is 7.98. The monoisotopic (exact) mass is 596 g/mol. The Kier molecular flexibility index (Phi) is 11.4. The number of hydrogen-bond donors (Lipinski definition) is 2. The Morgan fingerprint density at radius 3 is 2.33 bits per heavy atom. The molecule has 0 saturated carbocycles. The highest BCUT2D eigenvalue weighted by Gasteiger charge is 2.21. The van der Waals surface area contributed by atoms with E-state index in [1.807, 2.05) is 55.6 Å². The van der Waals surface area contributed by atoms with Crippen LogP contribution in [0.2, 0.25) is 0 Å². The van der Waals surface area contributed by atoms with Crippen LogP contribution in [-0.4, -0.2) is 48.2 Å². The number of rotatable bonds is 15. The van der Waals surface area contributed by atoms with Crippen molar-refractivity contribution in [1.82, 2.24) is 0 Å². The molecule has 2 N–H and O–H groups in total. The Balaban J connectivity index is 1.39. The zero-order valence-corrected chi connectivity index (χ0v) is 25.2. The summed E-state index contributed by atoms with van der Waals surface area (Å²) >= 11 is 1.63. The summed E-state index contributed by atoms with van der Waals surface area (Å²) < 4.78 is 5.96. The van der Waals surface area contributed by atoms with Gasteiger partial charge in [0.2, 0.25) is 5.91 Å². The quantitative estimate of drug-likeness (QED) is 0.113. The lowest BCUT2D eigenvalue weighted by atomic mass is 10.00. The summed E-state index contributed by atoms with van der Waals surface area (Å²) in [5.41, 5.74) is 3.06. The average molecular weight is 597 g/mol. The number of amides is 1. The number of benzene rings is 4. The van der Waals surface area contributed by atoms with Crippen molar-refractivity contribution >= 4 is 40.8 Å². The molecule has 0 fully saturated rings. The van der Waals surface area contributed by atoms with E-state index in [1.54, 1.807) is 77.3 Å². The van der Waals surface area contributed by atoms with Crippen LogP contribution in [0.4, 0.5) is 11.4 Å². The van der Waals surface area contributed by atoms with Gasteiger partial charge in [0.25, 0.3) is 0 Å². The first kappa shape index (κ1) is 31.4.